The smallest absolute Gasteiger partial charge is 0.132 e. The lowest BCUT2D eigenvalue weighted by atomic mass is 10.2. The molecule has 0 aliphatic heterocycles. The van der Waals surface area contributed by atoms with Gasteiger partial charge in [-0.15, -0.1) is 0 Å². The van der Waals surface area contributed by atoms with Crippen molar-refractivity contribution in [2.45, 2.75) is 20.3 Å². The van der Waals surface area contributed by atoms with Gasteiger partial charge in [0.2, 0.25) is 0 Å². The van der Waals surface area contributed by atoms with Crippen LogP contribution in [0.1, 0.15) is 18.9 Å². The Bertz CT molecular complexity index is 569. The first-order valence-corrected chi connectivity index (χ1v) is 6.85. The molecule has 4 nitrogen and oxygen atoms in total. The summed E-state index contributed by atoms with van der Waals surface area (Å²) in [4.78, 5) is 4.54. The molecule has 20 heavy (non-hydrogen) atoms. The minimum absolute atomic E-state index is 0.833. The van der Waals surface area contributed by atoms with Crippen molar-refractivity contribution in [1.29, 1.82) is 0 Å². The Hall–Kier alpha value is -2.23. The molecule has 0 aliphatic rings. The minimum atomic E-state index is 0.833. The van der Waals surface area contributed by atoms with E-state index in [1.54, 1.807) is 7.11 Å². The fourth-order valence-corrected chi connectivity index (χ4v) is 1.90. The second kappa shape index (κ2) is 6.80. The van der Waals surface area contributed by atoms with E-state index in [0.29, 0.717) is 0 Å². The number of aromatic nitrogens is 1. The van der Waals surface area contributed by atoms with Gasteiger partial charge in [-0.1, -0.05) is 13.0 Å². The Balaban J connectivity index is 2.13. The van der Waals surface area contributed by atoms with Crippen molar-refractivity contribution in [2.24, 2.45) is 0 Å². The quantitative estimate of drug-likeness (QED) is 0.834. The van der Waals surface area contributed by atoms with Gasteiger partial charge in [-0.05, 0) is 49.2 Å². The zero-order valence-corrected chi connectivity index (χ0v) is 12.2. The van der Waals surface area contributed by atoms with Crippen LogP contribution in [0.25, 0.3) is 0 Å². The third-order valence-electron chi connectivity index (χ3n) is 3.00. The number of rotatable bonds is 6. The predicted molar refractivity (Wildman–Crippen MR) is 84.0 cm³/mol. The summed E-state index contributed by atoms with van der Waals surface area (Å²) in [6.45, 7) is 5.11. The lowest BCUT2D eigenvalue weighted by Crippen LogP contribution is -2.03. The number of ether oxygens (including phenoxy) is 1. The van der Waals surface area contributed by atoms with Crippen LogP contribution in [0.3, 0.4) is 0 Å². The van der Waals surface area contributed by atoms with E-state index < -0.39 is 0 Å². The highest BCUT2D eigenvalue weighted by Crippen LogP contribution is 2.24. The number of nitrogens with zero attached hydrogens (tertiary/aromatic N) is 1. The van der Waals surface area contributed by atoms with Crippen molar-refractivity contribution in [3.05, 3.63) is 42.0 Å². The van der Waals surface area contributed by atoms with Gasteiger partial charge in [0.05, 0.1) is 7.11 Å². The molecule has 0 atom stereocenters. The van der Waals surface area contributed by atoms with Gasteiger partial charge in [-0.2, -0.15) is 0 Å². The Morgan fingerprint density at radius 3 is 2.65 bits per heavy atom. The van der Waals surface area contributed by atoms with E-state index in [2.05, 4.69) is 22.5 Å². The Morgan fingerprint density at radius 2 is 1.95 bits per heavy atom. The lowest BCUT2D eigenvalue weighted by Gasteiger charge is -2.11. The van der Waals surface area contributed by atoms with E-state index in [-0.39, 0.29) is 0 Å². The van der Waals surface area contributed by atoms with E-state index >= 15 is 0 Å². The fraction of sp³-hybridized carbons (Fsp3) is 0.312. The highest BCUT2D eigenvalue weighted by molar-refractivity contribution is 5.62. The Kier molecular flexibility index (Phi) is 4.82. The van der Waals surface area contributed by atoms with Crippen LogP contribution < -0.4 is 15.4 Å². The molecule has 2 aromatic rings. The van der Waals surface area contributed by atoms with Crippen molar-refractivity contribution in [3.8, 4) is 5.75 Å². The van der Waals surface area contributed by atoms with Crippen LogP contribution in [0, 0.1) is 6.92 Å². The maximum Gasteiger partial charge on any atom is 0.132 e. The second-order valence-corrected chi connectivity index (χ2v) is 4.64. The number of benzene rings is 1. The number of hydrogen-bond acceptors (Lipinski definition) is 4. The van der Waals surface area contributed by atoms with Crippen LogP contribution in [-0.4, -0.2) is 18.6 Å². The predicted octanol–water partition coefficient (Wildman–Crippen LogP) is 3.96. The largest absolute Gasteiger partial charge is 0.497 e. The zero-order chi connectivity index (χ0) is 14.4. The second-order valence-electron chi connectivity index (χ2n) is 4.64. The van der Waals surface area contributed by atoms with Gasteiger partial charge >= 0.3 is 0 Å². The molecule has 106 valence electrons. The molecule has 0 aliphatic carbocycles. The molecule has 0 spiro atoms. The third-order valence-corrected chi connectivity index (χ3v) is 3.00. The maximum absolute atomic E-state index is 5.21. The molecule has 0 amide bonds. The SMILES string of the molecule is CCCNc1cccc(Nc2ccc(OC)cc2C)n1. The first-order valence-electron chi connectivity index (χ1n) is 6.85. The van der Waals surface area contributed by atoms with E-state index in [4.69, 9.17) is 4.74 Å². The summed E-state index contributed by atoms with van der Waals surface area (Å²) >= 11 is 0. The standard InChI is InChI=1S/C16H21N3O/c1-4-10-17-15-6-5-7-16(19-15)18-14-9-8-13(20-3)11-12(14)2/h5-9,11H,4,10H2,1-3H3,(H2,17,18,19). The van der Waals surface area contributed by atoms with E-state index in [9.17, 15) is 0 Å². The number of methoxy groups -OCH3 is 1. The third kappa shape index (κ3) is 3.63. The molecule has 0 bridgehead atoms. The first-order chi connectivity index (χ1) is 9.72. The molecule has 0 unspecified atom stereocenters. The molecule has 4 heteroatoms. The summed E-state index contributed by atoms with van der Waals surface area (Å²) in [5.74, 6) is 2.58. The van der Waals surface area contributed by atoms with E-state index in [1.165, 1.54) is 0 Å². The van der Waals surface area contributed by atoms with Crippen LogP contribution in [0.15, 0.2) is 36.4 Å². The average Bonchev–Trinajstić information content (AvgIpc) is 2.47. The molecule has 0 radical (unpaired) electrons. The number of aryl methyl sites for hydroxylation is 1. The lowest BCUT2D eigenvalue weighted by molar-refractivity contribution is 0.414. The number of nitrogens with one attached hydrogen (secondary N) is 2. The molecule has 0 fully saturated rings. The van der Waals surface area contributed by atoms with Crippen molar-refractivity contribution in [1.82, 2.24) is 4.98 Å². The molecule has 1 aromatic heterocycles. The monoisotopic (exact) mass is 271 g/mol. The molecule has 2 rings (SSSR count). The van der Waals surface area contributed by atoms with Crippen LogP contribution in [-0.2, 0) is 0 Å². The highest BCUT2D eigenvalue weighted by atomic mass is 16.5. The minimum Gasteiger partial charge on any atom is -0.497 e. The van der Waals surface area contributed by atoms with Crippen molar-refractivity contribution >= 4 is 17.3 Å². The van der Waals surface area contributed by atoms with Gasteiger partial charge in [0, 0.05) is 12.2 Å². The van der Waals surface area contributed by atoms with Gasteiger partial charge in [0.15, 0.2) is 0 Å². The van der Waals surface area contributed by atoms with Crippen LogP contribution in [0.5, 0.6) is 5.75 Å². The molecule has 1 heterocycles. The number of anilines is 3. The highest BCUT2D eigenvalue weighted by Gasteiger charge is 2.02. The van der Waals surface area contributed by atoms with Crippen LogP contribution in [0.2, 0.25) is 0 Å². The number of pyridine rings is 1. The molecule has 0 saturated heterocycles. The molecular weight excluding hydrogens is 250 g/mol. The molecule has 1 aromatic carbocycles. The van der Waals surface area contributed by atoms with Gasteiger partial charge in [-0.3, -0.25) is 0 Å². The number of hydrogen-bond donors (Lipinski definition) is 2. The van der Waals surface area contributed by atoms with Crippen LogP contribution in [0.4, 0.5) is 17.3 Å². The normalized spacial score (nSPS) is 10.2. The molecular formula is C16H21N3O. The maximum atomic E-state index is 5.21. The van der Waals surface area contributed by atoms with Gasteiger partial charge < -0.3 is 15.4 Å². The summed E-state index contributed by atoms with van der Waals surface area (Å²) in [5, 5.41) is 6.62. The van der Waals surface area contributed by atoms with Crippen molar-refractivity contribution in [3.63, 3.8) is 0 Å². The van der Waals surface area contributed by atoms with Crippen molar-refractivity contribution in [2.75, 3.05) is 24.3 Å². The molecule has 2 N–H and O–H groups in total. The summed E-state index contributed by atoms with van der Waals surface area (Å²) < 4.78 is 5.21. The summed E-state index contributed by atoms with van der Waals surface area (Å²) in [7, 11) is 1.67. The Morgan fingerprint density at radius 1 is 1.15 bits per heavy atom. The summed E-state index contributed by atoms with van der Waals surface area (Å²) in [6, 6.07) is 11.9. The van der Waals surface area contributed by atoms with Gasteiger partial charge in [-0.25, -0.2) is 4.98 Å². The summed E-state index contributed by atoms with van der Waals surface area (Å²) in [5.41, 5.74) is 2.16. The zero-order valence-electron chi connectivity index (χ0n) is 12.2. The van der Waals surface area contributed by atoms with E-state index in [0.717, 1.165) is 41.6 Å². The molecule has 0 saturated carbocycles. The summed E-state index contributed by atoms with van der Waals surface area (Å²) in [6.07, 6.45) is 1.08. The van der Waals surface area contributed by atoms with E-state index in [1.807, 2.05) is 43.3 Å². The van der Waals surface area contributed by atoms with Crippen molar-refractivity contribution < 1.29 is 4.74 Å². The van der Waals surface area contributed by atoms with Crippen LogP contribution >= 0.6 is 0 Å². The average molecular weight is 271 g/mol. The van der Waals surface area contributed by atoms with Gasteiger partial charge in [0.25, 0.3) is 0 Å². The topological polar surface area (TPSA) is 46.2 Å². The fourth-order valence-electron chi connectivity index (χ4n) is 1.90. The van der Waals surface area contributed by atoms with Gasteiger partial charge in [0.1, 0.15) is 17.4 Å². The Labute approximate surface area is 120 Å². The first kappa shape index (κ1) is 14.2.